The molecule has 0 aliphatic heterocycles. The third-order valence-electron chi connectivity index (χ3n) is 2.81. The first-order chi connectivity index (χ1) is 9.99. The number of carboxylic acid groups (broad SMARTS) is 1. The standard InChI is InChI=1S/C15H12FNO4/c16-12-6-5-9(7-11(12)15(19)20)8-21-13-4-2-1-3-10(13)14(17)18/h1-7H,8H2,(H2,17,18)(H,19,20). The predicted molar refractivity (Wildman–Crippen MR) is 72.7 cm³/mol. The number of aromatic carboxylic acids is 1. The summed E-state index contributed by atoms with van der Waals surface area (Å²) in [6, 6.07) is 10.1. The zero-order chi connectivity index (χ0) is 15.4. The maximum Gasteiger partial charge on any atom is 0.338 e. The Bertz CT molecular complexity index is 700. The van der Waals surface area contributed by atoms with Gasteiger partial charge in [0.05, 0.1) is 11.1 Å². The van der Waals surface area contributed by atoms with Crippen molar-refractivity contribution in [2.75, 3.05) is 0 Å². The van der Waals surface area contributed by atoms with Crippen LogP contribution in [-0.2, 0) is 6.61 Å². The number of amides is 1. The molecule has 0 unspecified atom stereocenters. The normalized spacial score (nSPS) is 10.1. The second-order valence-corrected chi connectivity index (χ2v) is 4.27. The molecule has 0 aliphatic carbocycles. The smallest absolute Gasteiger partial charge is 0.338 e. The Morgan fingerprint density at radius 2 is 1.86 bits per heavy atom. The highest BCUT2D eigenvalue weighted by molar-refractivity contribution is 5.95. The average Bonchev–Trinajstić information content (AvgIpc) is 2.46. The van der Waals surface area contributed by atoms with Gasteiger partial charge < -0.3 is 15.6 Å². The minimum Gasteiger partial charge on any atom is -0.488 e. The van der Waals surface area contributed by atoms with Crippen molar-refractivity contribution in [3.05, 3.63) is 65.0 Å². The Labute approximate surface area is 119 Å². The lowest BCUT2D eigenvalue weighted by molar-refractivity contribution is 0.0691. The quantitative estimate of drug-likeness (QED) is 0.883. The average molecular weight is 289 g/mol. The topological polar surface area (TPSA) is 89.6 Å². The minimum absolute atomic E-state index is 0.00907. The summed E-state index contributed by atoms with van der Waals surface area (Å²) in [6.07, 6.45) is 0. The highest BCUT2D eigenvalue weighted by Gasteiger charge is 2.12. The van der Waals surface area contributed by atoms with Gasteiger partial charge in [0.25, 0.3) is 5.91 Å². The van der Waals surface area contributed by atoms with Crippen molar-refractivity contribution >= 4 is 11.9 Å². The highest BCUT2D eigenvalue weighted by atomic mass is 19.1. The molecule has 21 heavy (non-hydrogen) atoms. The Morgan fingerprint density at radius 1 is 1.14 bits per heavy atom. The van der Waals surface area contributed by atoms with E-state index < -0.39 is 23.3 Å². The molecule has 6 heteroatoms. The Kier molecular flexibility index (Phi) is 4.18. The lowest BCUT2D eigenvalue weighted by Gasteiger charge is -2.10. The van der Waals surface area contributed by atoms with E-state index in [1.54, 1.807) is 18.2 Å². The van der Waals surface area contributed by atoms with Crippen molar-refractivity contribution < 1.29 is 23.8 Å². The summed E-state index contributed by atoms with van der Waals surface area (Å²) in [5.74, 6) is -2.52. The number of carbonyl (C=O) groups excluding carboxylic acids is 1. The van der Waals surface area contributed by atoms with E-state index in [9.17, 15) is 14.0 Å². The number of carboxylic acids is 1. The van der Waals surface area contributed by atoms with E-state index in [1.165, 1.54) is 18.2 Å². The number of halogens is 1. The lowest BCUT2D eigenvalue weighted by Crippen LogP contribution is -2.13. The second-order valence-electron chi connectivity index (χ2n) is 4.27. The van der Waals surface area contributed by atoms with Gasteiger partial charge in [0.15, 0.2) is 0 Å². The van der Waals surface area contributed by atoms with Gasteiger partial charge in [-0.3, -0.25) is 4.79 Å². The number of carbonyl (C=O) groups is 2. The van der Waals surface area contributed by atoms with Crippen LogP contribution in [0.3, 0.4) is 0 Å². The minimum atomic E-state index is -1.35. The predicted octanol–water partition coefficient (Wildman–Crippen LogP) is 2.20. The summed E-state index contributed by atoms with van der Waals surface area (Å²) in [7, 11) is 0. The van der Waals surface area contributed by atoms with Crippen molar-refractivity contribution in [3.63, 3.8) is 0 Å². The van der Waals surface area contributed by atoms with Crippen LogP contribution in [0.4, 0.5) is 4.39 Å². The molecule has 0 aliphatic rings. The van der Waals surface area contributed by atoms with Gasteiger partial charge in [-0.2, -0.15) is 0 Å². The summed E-state index contributed by atoms with van der Waals surface area (Å²) >= 11 is 0. The van der Waals surface area contributed by atoms with E-state index in [0.717, 1.165) is 6.07 Å². The Morgan fingerprint density at radius 3 is 2.52 bits per heavy atom. The number of ether oxygens (including phenoxy) is 1. The van der Waals surface area contributed by atoms with E-state index >= 15 is 0 Å². The Hall–Kier alpha value is -2.89. The number of hydrogen-bond acceptors (Lipinski definition) is 3. The second kappa shape index (κ2) is 6.04. The fourth-order valence-electron chi connectivity index (χ4n) is 1.78. The SMILES string of the molecule is NC(=O)c1ccccc1OCc1ccc(F)c(C(=O)O)c1. The molecule has 0 saturated heterocycles. The van der Waals surface area contributed by atoms with Crippen LogP contribution < -0.4 is 10.5 Å². The zero-order valence-electron chi connectivity index (χ0n) is 10.9. The van der Waals surface area contributed by atoms with Crippen molar-refractivity contribution in [1.29, 1.82) is 0 Å². The molecule has 0 heterocycles. The van der Waals surface area contributed by atoms with Crippen molar-refractivity contribution in [2.24, 2.45) is 5.73 Å². The van der Waals surface area contributed by atoms with Crippen LogP contribution in [0, 0.1) is 5.82 Å². The third-order valence-corrected chi connectivity index (χ3v) is 2.81. The molecule has 2 aromatic carbocycles. The van der Waals surface area contributed by atoms with Crippen LogP contribution in [0.1, 0.15) is 26.3 Å². The van der Waals surface area contributed by atoms with Gasteiger partial charge in [-0.05, 0) is 29.8 Å². The molecule has 5 nitrogen and oxygen atoms in total. The maximum atomic E-state index is 13.3. The van der Waals surface area contributed by atoms with Crippen LogP contribution in [-0.4, -0.2) is 17.0 Å². The van der Waals surface area contributed by atoms with E-state index in [0.29, 0.717) is 5.56 Å². The van der Waals surface area contributed by atoms with Gasteiger partial charge in [-0.25, -0.2) is 9.18 Å². The third kappa shape index (κ3) is 3.36. The molecule has 0 fully saturated rings. The molecule has 2 rings (SSSR count). The van der Waals surface area contributed by atoms with Crippen molar-refractivity contribution in [1.82, 2.24) is 0 Å². The first-order valence-electron chi connectivity index (χ1n) is 6.02. The van der Waals surface area contributed by atoms with Crippen LogP contribution in [0.15, 0.2) is 42.5 Å². The molecular formula is C15H12FNO4. The van der Waals surface area contributed by atoms with Gasteiger partial charge >= 0.3 is 5.97 Å². The zero-order valence-corrected chi connectivity index (χ0v) is 10.9. The molecular weight excluding hydrogens is 277 g/mol. The number of primary amides is 1. The highest BCUT2D eigenvalue weighted by Crippen LogP contribution is 2.19. The molecule has 0 aromatic heterocycles. The molecule has 108 valence electrons. The summed E-state index contributed by atoms with van der Waals surface area (Å²) in [6.45, 7) is -0.00907. The molecule has 0 bridgehead atoms. The number of para-hydroxylation sites is 1. The molecule has 0 spiro atoms. The van der Waals surface area contributed by atoms with Gasteiger partial charge in [-0.15, -0.1) is 0 Å². The molecule has 3 N–H and O–H groups in total. The monoisotopic (exact) mass is 289 g/mol. The number of hydrogen-bond donors (Lipinski definition) is 2. The fourth-order valence-corrected chi connectivity index (χ4v) is 1.78. The van der Waals surface area contributed by atoms with Gasteiger partial charge in [0, 0.05) is 0 Å². The first-order valence-corrected chi connectivity index (χ1v) is 6.02. The summed E-state index contributed by atoms with van der Waals surface area (Å²) < 4.78 is 18.7. The molecule has 1 amide bonds. The fraction of sp³-hybridized carbons (Fsp3) is 0.0667. The number of nitrogens with two attached hydrogens (primary N) is 1. The summed E-state index contributed by atoms with van der Waals surface area (Å²) in [4.78, 5) is 22.1. The van der Waals surface area contributed by atoms with Crippen LogP contribution in [0.25, 0.3) is 0 Å². The van der Waals surface area contributed by atoms with Crippen LogP contribution in [0.2, 0.25) is 0 Å². The van der Waals surface area contributed by atoms with Crippen molar-refractivity contribution in [3.8, 4) is 5.75 Å². The van der Waals surface area contributed by atoms with E-state index in [2.05, 4.69) is 0 Å². The number of benzene rings is 2. The van der Waals surface area contributed by atoms with E-state index in [-0.39, 0.29) is 17.9 Å². The molecule has 0 atom stereocenters. The van der Waals surface area contributed by atoms with E-state index in [1.807, 2.05) is 0 Å². The lowest BCUT2D eigenvalue weighted by atomic mass is 10.1. The largest absolute Gasteiger partial charge is 0.488 e. The molecule has 0 saturated carbocycles. The van der Waals surface area contributed by atoms with Gasteiger partial charge in [-0.1, -0.05) is 18.2 Å². The van der Waals surface area contributed by atoms with Gasteiger partial charge in [0.1, 0.15) is 18.2 Å². The van der Waals surface area contributed by atoms with Crippen LogP contribution >= 0.6 is 0 Å². The van der Waals surface area contributed by atoms with Gasteiger partial charge in [0.2, 0.25) is 0 Å². The Balaban J connectivity index is 2.19. The van der Waals surface area contributed by atoms with E-state index in [4.69, 9.17) is 15.6 Å². The molecule has 0 radical (unpaired) electrons. The maximum absolute atomic E-state index is 13.3. The summed E-state index contributed by atoms with van der Waals surface area (Å²) in [5.41, 5.74) is 5.48. The van der Waals surface area contributed by atoms with Crippen LogP contribution in [0.5, 0.6) is 5.75 Å². The number of rotatable bonds is 5. The first kappa shape index (κ1) is 14.5. The summed E-state index contributed by atoms with van der Waals surface area (Å²) in [5, 5.41) is 8.85. The molecule has 2 aromatic rings. The van der Waals surface area contributed by atoms with Crippen molar-refractivity contribution in [2.45, 2.75) is 6.61 Å².